The third-order valence-electron chi connectivity index (χ3n) is 1.61. The molecule has 0 aliphatic carbocycles. The molecule has 3 heteroatoms. The Morgan fingerprint density at radius 3 is 2.77 bits per heavy atom. The molecule has 72 valence electrons. The van der Waals surface area contributed by atoms with Crippen molar-refractivity contribution >= 4 is 11.6 Å². The van der Waals surface area contributed by atoms with Gasteiger partial charge in [0.05, 0.1) is 12.7 Å². The molecule has 0 aromatic heterocycles. The molecule has 0 aliphatic heterocycles. The maximum absolute atomic E-state index is 9.41. The molecule has 0 fully saturated rings. The lowest BCUT2D eigenvalue weighted by molar-refractivity contribution is 0.0645. The van der Waals surface area contributed by atoms with E-state index in [1.54, 1.807) is 18.2 Å². The van der Waals surface area contributed by atoms with Crippen LogP contribution >= 0.6 is 11.6 Å². The van der Waals surface area contributed by atoms with Crippen molar-refractivity contribution in [2.24, 2.45) is 0 Å². The first kappa shape index (κ1) is 10.4. The predicted molar refractivity (Wildman–Crippen MR) is 53.0 cm³/mol. The van der Waals surface area contributed by atoms with Crippen molar-refractivity contribution in [1.29, 1.82) is 0 Å². The summed E-state index contributed by atoms with van der Waals surface area (Å²) in [6, 6.07) is 4.93. The highest BCUT2D eigenvalue weighted by Gasteiger charge is 2.03. The molecule has 0 unspecified atom stereocenters. The monoisotopic (exact) mass is 200 g/mol. The van der Waals surface area contributed by atoms with Crippen LogP contribution in [-0.4, -0.2) is 11.2 Å². The zero-order chi connectivity index (χ0) is 9.84. The van der Waals surface area contributed by atoms with Gasteiger partial charge in [-0.05, 0) is 32.0 Å². The molecule has 1 aromatic carbocycles. The Morgan fingerprint density at radius 1 is 1.46 bits per heavy atom. The van der Waals surface area contributed by atoms with E-state index in [2.05, 4.69) is 0 Å². The highest BCUT2D eigenvalue weighted by molar-refractivity contribution is 6.30. The van der Waals surface area contributed by atoms with Gasteiger partial charge in [-0.1, -0.05) is 11.6 Å². The predicted octanol–water partition coefficient (Wildman–Crippen LogP) is 2.97. The number of ether oxygens (including phenoxy) is 1. The minimum absolute atomic E-state index is 0.151. The number of halogens is 1. The maximum atomic E-state index is 9.41. The summed E-state index contributed by atoms with van der Waals surface area (Å²) >= 11 is 5.77. The number of phenols is 1. The van der Waals surface area contributed by atoms with Gasteiger partial charge in [0.1, 0.15) is 5.75 Å². The molecule has 0 bridgehead atoms. The molecule has 1 aromatic rings. The van der Waals surface area contributed by atoms with Gasteiger partial charge in [-0.25, -0.2) is 0 Å². The van der Waals surface area contributed by atoms with Crippen LogP contribution in [0.25, 0.3) is 0 Å². The van der Waals surface area contributed by atoms with E-state index in [0.717, 1.165) is 5.56 Å². The summed E-state index contributed by atoms with van der Waals surface area (Å²) in [7, 11) is 0. The molecule has 1 N–H and O–H groups in total. The van der Waals surface area contributed by atoms with Gasteiger partial charge >= 0.3 is 0 Å². The van der Waals surface area contributed by atoms with Crippen LogP contribution in [0.1, 0.15) is 19.4 Å². The molecule has 0 radical (unpaired) electrons. The van der Waals surface area contributed by atoms with Gasteiger partial charge in [0.25, 0.3) is 0 Å². The first-order valence-electron chi connectivity index (χ1n) is 4.18. The normalized spacial score (nSPS) is 10.8. The molecule has 0 atom stereocenters. The average molecular weight is 201 g/mol. The molecule has 13 heavy (non-hydrogen) atoms. The Bertz CT molecular complexity index is 284. The second-order valence-corrected chi connectivity index (χ2v) is 3.57. The van der Waals surface area contributed by atoms with Gasteiger partial charge in [0.15, 0.2) is 0 Å². The molecule has 0 aliphatic rings. The van der Waals surface area contributed by atoms with E-state index >= 15 is 0 Å². The van der Waals surface area contributed by atoms with E-state index in [-0.39, 0.29) is 11.9 Å². The average Bonchev–Trinajstić information content (AvgIpc) is 2.06. The Labute approximate surface area is 83.1 Å². The third kappa shape index (κ3) is 3.25. The fraction of sp³-hybridized carbons (Fsp3) is 0.400. The van der Waals surface area contributed by atoms with E-state index in [1.807, 2.05) is 13.8 Å². The number of benzene rings is 1. The topological polar surface area (TPSA) is 29.5 Å². The van der Waals surface area contributed by atoms with E-state index in [0.29, 0.717) is 11.6 Å². The molecule has 0 heterocycles. The molecular formula is C10H13ClO2. The highest BCUT2D eigenvalue weighted by Crippen LogP contribution is 2.22. The van der Waals surface area contributed by atoms with Crippen LogP contribution in [0.2, 0.25) is 5.02 Å². The van der Waals surface area contributed by atoms with E-state index in [9.17, 15) is 5.11 Å². The maximum Gasteiger partial charge on any atom is 0.121 e. The Morgan fingerprint density at radius 2 is 2.15 bits per heavy atom. The largest absolute Gasteiger partial charge is 0.508 e. The van der Waals surface area contributed by atoms with Gasteiger partial charge in [-0.2, -0.15) is 0 Å². The lowest BCUT2D eigenvalue weighted by Gasteiger charge is -2.08. The molecule has 1 rings (SSSR count). The number of rotatable bonds is 3. The van der Waals surface area contributed by atoms with Crippen molar-refractivity contribution in [3.05, 3.63) is 28.8 Å². The van der Waals surface area contributed by atoms with Gasteiger partial charge in [0.2, 0.25) is 0 Å². The molecule has 0 spiro atoms. The third-order valence-corrected chi connectivity index (χ3v) is 1.85. The van der Waals surface area contributed by atoms with Crippen LogP contribution in [0.15, 0.2) is 18.2 Å². The van der Waals surface area contributed by atoms with Crippen LogP contribution in [0.3, 0.4) is 0 Å². The fourth-order valence-corrected chi connectivity index (χ4v) is 1.12. The SMILES string of the molecule is CC(C)OCc1cc(Cl)ccc1O. The van der Waals surface area contributed by atoms with Crippen molar-refractivity contribution in [2.45, 2.75) is 26.6 Å². The van der Waals surface area contributed by atoms with E-state index in [1.165, 1.54) is 0 Å². The zero-order valence-corrected chi connectivity index (χ0v) is 8.51. The Balaban J connectivity index is 2.70. The summed E-state index contributed by atoms with van der Waals surface area (Å²) in [5.41, 5.74) is 0.723. The van der Waals surface area contributed by atoms with Crippen LogP contribution in [0.4, 0.5) is 0 Å². The number of aromatic hydroxyl groups is 1. The Hall–Kier alpha value is -0.730. The molecule has 0 amide bonds. The van der Waals surface area contributed by atoms with Crippen LogP contribution in [-0.2, 0) is 11.3 Å². The highest BCUT2D eigenvalue weighted by atomic mass is 35.5. The lowest BCUT2D eigenvalue weighted by Crippen LogP contribution is -2.02. The zero-order valence-electron chi connectivity index (χ0n) is 7.75. The van der Waals surface area contributed by atoms with Crippen LogP contribution < -0.4 is 0 Å². The minimum Gasteiger partial charge on any atom is -0.508 e. The second-order valence-electron chi connectivity index (χ2n) is 3.13. The number of hydrogen-bond acceptors (Lipinski definition) is 2. The van der Waals surface area contributed by atoms with Crippen molar-refractivity contribution in [2.75, 3.05) is 0 Å². The minimum atomic E-state index is 0.151. The second kappa shape index (κ2) is 4.49. The summed E-state index contributed by atoms with van der Waals surface area (Å²) in [4.78, 5) is 0. The molecular weight excluding hydrogens is 188 g/mol. The van der Waals surface area contributed by atoms with Crippen molar-refractivity contribution < 1.29 is 9.84 Å². The molecule has 0 saturated heterocycles. The summed E-state index contributed by atoms with van der Waals surface area (Å²) < 4.78 is 5.35. The van der Waals surface area contributed by atoms with Crippen LogP contribution in [0.5, 0.6) is 5.75 Å². The first-order valence-corrected chi connectivity index (χ1v) is 4.56. The van der Waals surface area contributed by atoms with Gasteiger partial charge < -0.3 is 9.84 Å². The van der Waals surface area contributed by atoms with Crippen molar-refractivity contribution in [3.63, 3.8) is 0 Å². The number of phenolic OH excluding ortho intramolecular Hbond substituents is 1. The van der Waals surface area contributed by atoms with Crippen LogP contribution in [0, 0.1) is 0 Å². The quantitative estimate of drug-likeness (QED) is 0.813. The van der Waals surface area contributed by atoms with Crippen molar-refractivity contribution in [3.8, 4) is 5.75 Å². The summed E-state index contributed by atoms with van der Waals surface area (Å²) in [6.45, 7) is 4.28. The summed E-state index contributed by atoms with van der Waals surface area (Å²) in [5, 5.41) is 10.0. The standard InChI is InChI=1S/C10H13ClO2/c1-7(2)13-6-8-5-9(11)3-4-10(8)12/h3-5,7,12H,6H2,1-2H3. The first-order chi connectivity index (χ1) is 6.09. The molecule has 0 saturated carbocycles. The summed E-state index contributed by atoms with van der Waals surface area (Å²) in [5.74, 6) is 0.227. The van der Waals surface area contributed by atoms with E-state index in [4.69, 9.17) is 16.3 Å². The van der Waals surface area contributed by atoms with E-state index < -0.39 is 0 Å². The number of hydrogen-bond donors (Lipinski definition) is 1. The smallest absolute Gasteiger partial charge is 0.121 e. The van der Waals surface area contributed by atoms with Crippen molar-refractivity contribution in [1.82, 2.24) is 0 Å². The summed E-state index contributed by atoms with van der Waals surface area (Å²) in [6.07, 6.45) is 0.151. The van der Waals surface area contributed by atoms with Gasteiger partial charge in [-0.15, -0.1) is 0 Å². The fourth-order valence-electron chi connectivity index (χ4n) is 0.926. The lowest BCUT2D eigenvalue weighted by atomic mass is 10.2. The van der Waals surface area contributed by atoms with Gasteiger partial charge in [-0.3, -0.25) is 0 Å². The van der Waals surface area contributed by atoms with Gasteiger partial charge in [0, 0.05) is 10.6 Å². The Kier molecular flexibility index (Phi) is 3.58. The molecule has 2 nitrogen and oxygen atoms in total.